The van der Waals surface area contributed by atoms with E-state index in [9.17, 15) is 9.59 Å². The molecule has 0 saturated carbocycles. The number of rotatable bonds is 0. The van der Waals surface area contributed by atoms with Crippen LogP contribution in [0.1, 0.15) is 0 Å². The maximum Gasteiger partial charge on any atom is 0.321 e. The number of H-pyrrole nitrogens is 1. The van der Waals surface area contributed by atoms with Crippen molar-refractivity contribution in [1.29, 1.82) is 0 Å². The molecule has 1 aliphatic rings. The second-order valence-corrected chi connectivity index (χ2v) is 4.41. The third-order valence-corrected chi connectivity index (χ3v) is 3.42. The maximum absolute atomic E-state index is 11.7. The first-order valence-electron chi connectivity index (χ1n) is 4.74. The summed E-state index contributed by atoms with van der Waals surface area (Å²) in [6, 6.07) is 7.27. The lowest BCUT2D eigenvalue weighted by Crippen LogP contribution is -2.21. The lowest BCUT2D eigenvalue weighted by atomic mass is 10.2. The largest absolute Gasteiger partial charge is 0.424 e. The Morgan fingerprint density at radius 2 is 2.06 bits per heavy atom. The molecule has 5 heteroatoms. The van der Waals surface area contributed by atoms with E-state index in [1.54, 1.807) is 6.07 Å². The van der Waals surface area contributed by atoms with Gasteiger partial charge in [-0.05, 0) is 12.1 Å². The molecule has 1 aliphatic heterocycles. The minimum atomic E-state index is -0.312. The van der Waals surface area contributed by atoms with Gasteiger partial charge in [-0.3, -0.25) is 9.59 Å². The Labute approximate surface area is 94.6 Å². The van der Waals surface area contributed by atoms with E-state index in [1.807, 2.05) is 18.2 Å². The Balaban J connectivity index is 2.42. The first kappa shape index (κ1) is 9.47. The third-order valence-electron chi connectivity index (χ3n) is 2.38. The molecule has 0 radical (unpaired) electrons. The predicted molar refractivity (Wildman–Crippen MR) is 60.9 cm³/mol. The van der Waals surface area contributed by atoms with E-state index >= 15 is 0 Å². The molecule has 1 N–H and O–H groups in total. The number of pyridine rings is 1. The number of para-hydroxylation sites is 1. The van der Waals surface area contributed by atoms with Gasteiger partial charge in [0, 0.05) is 5.39 Å². The van der Waals surface area contributed by atoms with Crippen LogP contribution in [-0.4, -0.2) is 16.7 Å². The summed E-state index contributed by atoms with van der Waals surface area (Å²) < 4.78 is 5.15. The van der Waals surface area contributed by atoms with Crippen LogP contribution in [0.4, 0.5) is 0 Å². The average Bonchev–Trinajstić information content (AvgIpc) is 2.29. The number of ether oxygens (including phenoxy) is 1. The van der Waals surface area contributed by atoms with Gasteiger partial charge in [-0.15, -0.1) is 11.8 Å². The summed E-state index contributed by atoms with van der Waals surface area (Å²) in [5.41, 5.74) is 0.479. The fourth-order valence-corrected chi connectivity index (χ4v) is 2.49. The quantitative estimate of drug-likeness (QED) is 0.701. The number of nitrogens with one attached hydrogen (secondary N) is 1. The minimum Gasteiger partial charge on any atom is -0.424 e. The molecule has 1 aromatic carbocycles. The molecule has 2 aromatic rings. The number of benzene rings is 1. The molecule has 0 atom stereocenters. The van der Waals surface area contributed by atoms with Crippen LogP contribution in [-0.2, 0) is 4.79 Å². The zero-order chi connectivity index (χ0) is 11.1. The highest BCUT2D eigenvalue weighted by molar-refractivity contribution is 8.00. The monoisotopic (exact) mass is 233 g/mol. The molecule has 80 valence electrons. The molecular formula is C11H7NO3S. The molecule has 0 spiro atoms. The van der Waals surface area contributed by atoms with E-state index in [-0.39, 0.29) is 17.3 Å². The van der Waals surface area contributed by atoms with Gasteiger partial charge in [0.2, 0.25) is 0 Å². The number of aromatic amines is 1. The van der Waals surface area contributed by atoms with Crippen molar-refractivity contribution in [2.45, 2.75) is 4.90 Å². The molecule has 1 aromatic heterocycles. The number of carbonyl (C=O) groups excluding carboxylic acids is 1. The molecule has 0 aliphatic carbocycles. The van der Waals surface area contributed by atoms with E-state index < -0.39 is 0 Å². The normalized spacial score (nSPS) is 14.6. The standard InChI is InChI=1S/C11H7NO3S/c13-8-5-16-10-9(15-8)6-3-1-2-4-7(6)12-11(10)14/h1-4H,5H2,(H,12,14). The number of hydrogen-bond donors (Lipinski definition) is 1. The van der Waals surface area contributed by atoms with Crippen molar-refractivity contribution < 1.29 is 9.53 Å². The zero-order valence-corrected chi connectivity index (χ0v) is 8.97. The van der Waals surface area contributed by atoms with Crippen LogP contribution >= 0.6 is 11.8 Å². The topological polar surface area (TPSA) is 59.2 Å². The molecule has 0 saturated heterocycles. The molecule has 4 nitrogen and oxygen atoms in total. The Morgan fingerprint density at radius 1 is 1.25 bits per heavy atom. The predicted octanol–water partition coefficient (Wildman–Crippen LogP) is 1.54. The number of fused-ring (bicyclic) bond motifs is 3. The van der Waals surface area contributed by atoms with Gasteiger partial charge in [0.1, 0.15) is 4.90 Å². The molecule has 16 heavy (non-hydrogen) atoms. The van der Waals surface area contributed by atoms with Crippen LogP contribution in [0.2, 0.25) is 0 Å². The summed E-state index contributed by atoms with van der Waals surface area (Å²) in [7, 11) is 0. The van der Waals surface area contributed by atoms with Crippen molar-refractivity contribution >= 4 is 28.6 Å². The van der Waals surface area contributed by atoms with E-state index in [4.69, 9.17) is 4.74 Å². The first-order chi connectivity index (χ1) is 7.75. The number of esters is 1. The summed E-state index contributed by atoms with van der Waals surface area (Å²) in [4.78, 5) is 26.2. The first-order valence-corrected chi connectivity index (χ1v) is 5.73. The summed E-state index contributed by atoms with van der Waals surface area (Å²) in [6.45, 7) is 0. The summed E-state index contributed by atoms with van der Waals surface area (Å²) >= 11 is 1.22. The van der Waals surface area contributed by atoms with E-state index in [2.05, 4.69) is 4.98 Å². The summed E-state index contributed by atoms with van der Waals surface area (Å²) in [5.74, 6) is 0.267. The van der Waals surface area contributed by atoms with Crippen LogP contribution in [0.5, 0.6) is 5.75 Å². The number of hydrogen-bond acceptors (Lipinski definition) is 4. The Kier molecular flexibility index (Phi) is 2.00. The molecule has 3 rings (SSSR count). The fourth-order valence-electron chi connectivity index (χ4n) is 1.70. The van der Waals surface area contributed by atoms with Crippen LogP contribution < -0.4 is 10.3 Å². The van der Waals surface area contributed by atoms with Crippen LogP contribution in [0.25, 0.3) is 10.9 Å². The summed E-state index contributed by atoms with van der Waals surface area (Å²) in [6.07, 6.45) is 0. The van der Waals surface area contributed by atoms with Crippen molar-refractivity contribution in [3.63, 3.8) is 0 Å². The van der Waals surface area contributed by atoms with Gasteiger partial charge in [0.25, 0.3) is 5.56 Å². The SMILES string of the molecule is O=C1CSc2c(c3ccccc3[nH]c2=O)O1. The zero-order valence-electron chi connectivity index (χ0n) is 8.15. The molecular weight excluding hydrogens is 226 g/mol. The lowest BCUT2D eigenvalue weighted by Gasteiger charge is -2.15. The van der Waals surface area contributed by atoms with Gasteiger partial charge in [-0.2, -0.15) is 0 Å². The van der Waals surface area contributed by atoms with Gasteiger partial charge in [-0.1, -0.05) is 12.1 Å². The minimum absolute atomic E-state index is 0.189. The molecule has 0 amide bonds. The van der Waals surface area contributed by atoms with Gasteiger partial charge in [0.15, 0.2) is 5.75 Å². The third kappa shape index (κ3) is 1.32. The molecule has 0 unspecified atom stereocenters. The average molecular weight is 233 g/mol. The Bertz CT molecular complexity index is 647. The molecule has 0 fully saturated rings. The Morgan fingerprint density at radius 3 is 2.94 bits per heavy atom. The number of aromatic nitrogens is 1. The lowest BCUT2D eigenvalue weighted by molar-refractivity contribution is -0.131. The number of thioether (sulfide) groups is 1. The van der Waals surface area contributed by atoms with Crippen molar-refractivity contribution in [1.82, 2.24) is 4.98 Å². The van der Waals surface area contributed by atoms with Gasteiger partial charge >= 0.3 is 5.97 Å². The second-order valence-electron chi connectivity index (χ2n) is 3.42. The number of carbonyl (C=O) groups is 1. The van der Waals surface area contributed by atoms with E-state index in [1.165, 1.54) is 11.8 Å². The van der Waals surface area contributed by atoms with Crippen molar-refractivity contribution in [2.75, 3.05) is 5.75 Å². The molecule has 2 heterocycles. The second kappa shape index (κ2) is 3.38. The highest BCUT2D eigenvalue weighted by Crippen LogP contribution is 2.35. The molecule has 0 bridgehead atoms. The van der Waals surface area contributed by atoms with Crippen molar-refractivity contribution in [2.24, 2.45) is 0 Å². The van der Waals surface area contributed by atoms with Crippen molar-refractivity contribution in [3.05, 3.63) is 34.6 Å². The summed E-state index contributed by atoms with van der Waals surface area (Å²) in [5, 5.41) is 0.762. The Hall–Kier alpha value is -1.75. The van der Waals surface area contributed by atoms with Gasteiger partial charge < -0.3 is 9.72 Å². The van der Waals surface area contributed by atoms with Crippen LogP contribution in [0, 0.1) is 0 Å². The van der Waals surface area contributed by atoms with Crippen LogP contribution in [0.15, 0.2) is 34.0 Å². The maximum atomic E-state index is 11.7. The van der Waals surface area contributed by atoms with Crippen molar-refractivity contribution in [3.8, 4) is 5.75 Å². The smallest absolute Gasteiger partial charge is 0.321 e. The van der Waals surface area contributed by atoms with E-state index in [0.717, 1.165) is 5.39 Å². The van der Waals surface area contributed by atoms with Crippen LogP contribution in [0.3, 0.4) is 0 Å². The highest BCUT2D eigenvalue weighted by Gasteiger charge is 2.23. The highest BCUT2D eigenvalue weighted by atomic mass is 32.2. The van der Waals surface area contributed by atoms with Gasteiger partial charge in [0.05, 0.1) is 11.3 Å². The van der Waals surface area contributed by atoms with E-state index in [0.29, 0.717) is 16.2 Å². The fraction of sp³-hybridized carbons (Fsp3) is 0.0909. The van der Waals surface area contributed by atoms with Gasteiger partial charge in [-0.25, -0.2) is 0 Å².